The summed E-state index contributed by atoms with van der Waals surface area (Å²) in [6, 6.07) is 23.7. The Morgan fingerprint density at radius 2 is 1.88 bits per heavy atom. The molecule has 1 amide bonds. The normalized spacial score (nSPS) is 15.1. The highest BCUT2D eigenvalue weighted by molar-refractivity contribution is 8.00. The van der Waals surface area contributed by atoms with E-state index in [-0.39, 0.29) is 10.7 Å². The van der Waals surface area contributed by atoms with Gasteiger partial charge in [-0.2, -0.15) is 0 Å². The standard InChI is InChI=1S/C32H27N3O4S2/c1-3-18-39-25-11-7-10-24(19-25)28-27(26(36)17-16-22-8-5-4-6-9-22)29(37)30(38)35(28)31-33-34-32(41-31)40-20-23-14-12-21(2)13-15-23/h3-17,19,28,37H,1,18,20H2,2H3/b17-16+. The van der Waals surface area contributed by atoms with Crippen molar-refractivity contribution in [3.63, 3.8) is 0 Å². The summed E-state index contributed by atoms with van der Waals surface area (Å²) in [5.74, 6) is -0.580. The second-order valence-electron chi connectivity index (χ2n) is 9.25. The third-order valence-corrected chi connectivity index (χ3v) is 8.45. The Kier molecular flexibility index (Phi) is 8.76. The second kappa shape index (κ2) is 12.8. The molecule has 1 unspecified atom stereocenters. The van der Waals surface area contributed by atoms with Crippen LogP contribution < -0.4 is 9.64 Å². The molecule has 1 atom stereocenters. The second-order valence-corrected chi connectivity index (χ2v) is 11.4. The van der Waals surface area contributed by atoms with Gasteiger partial charge in [-0.1, -0.05) is 114 Å². The average Bonchev–Trinajstić information content (AvgIpc) is 3.57. The van der Waals surface area contributed by atoms with Gasteiger partial charge in [0, 0.05) is 5.75 Å². The number of aliphatic hydroxyl groups excluding tert-OH is 1. The molecule has 9 heteroatoms. The van der Waals surface area contributed by atoms with Crippen molar-refractivity contribution in [1.29, 1.82) is 0 Å². The van der Waals surface area contributed by atoms with Crippen LogP contribution in [-0.4, -0.2) is 33.6 Å². The third-order valence-electron chi connectivity index (χ3n) is 6.33. The molecule has 5 rings (SSSR count). The Bertz CT molecular complexity index is 1630. The number of amides is 1. The van der Waals surface area contributed by atoms with Crippen molar-refractivity contribution in [3.05, 3.63) is 131 Å². The number of anilines is 1. The van der Waals surface area contributed by atoms with Gasteiger partial charge < -0.3 is 9.84 Å². The maximum atomic E-state index is 13.5. The fourth-order valence-corrected chi connectivity index (χ4v) is 6.14. The first-order valence-electron chi connectivity index (χ1n) is 12.8. The molecule has 0 bridgehead atoms. The molecule has 0 saturated heterocycles. The minimum atomic E-state index is -0.925. The van der Waals surface area contributed by atoms with E-state index in [1.165, 1.54) is 39.6 Å². The van der Waals surface area contributed by atoms with Crippen LogP contribution in [0, 0.1) is 6.92 Å². The van der Waals surface area contributed by atoms with Crippen molar-refractivity contribution in [2.45, 2.75) is 23.1 Å². The predicted octanol–water partition coefficient (Wildman–Crippen LogP) is 6.89. The van der Waals surface area contributed by atoms with Gasteiger partial charge in [-0.25, -0.2) is 0 Å². The van der Waals surface area contributed by atoms with Gasteiger partial charge in [0.15, 0.2) is 15.9 Å². The highest BCUT2D eigenvalue weighted by atomic mass is 32.2. The molecule has 1 aliphatic rings. The number of ether oxygens (including phenoxy) is 1. The smallest absolute Gasteiger partial charge is 0.296 e. The number of carbonyl (C=O) groups excluding carboxylic acids is 2. The van der Waals surface area contributed by atoms with Gasteiger partial charge >= 0.3 is 0 Å². The van der Waals surface area contributed by atoms with Crippen LogP contribution in [0.2, 0.25) is 0 Å². The summed E-state index contributed by atoms with van der Waals surface area (Å²) in [7, 11) is 0. The molecule has 4 aromatic rings. The number of ketones is 1. The molecule has 3 aromatic carbocycles. The number of aryl methyl sites for hydroxylation is 1. The van der Waals surface area contributed by atoms with E-state index in [4.69, 9.17) is 4.74 Å². The van der Waals surface area contributed by atoms with Gasteiger partial charge in [-0.3, -0.25) is 14.5 Å². The molecule has 0 aliphatic carbocycles. The lowest BCUT2D eigenvalue weighted by atomic mass is 9.95. The molecule has 7 nitrogen and oxygen atoms in total. The molecular formula is C32H27N3O4S2. The molecule has 0 radical (unpaired) electrons. The maximum absolute atomic E-state index is 13.5. The Hall–Kier alpha value is -4.47. The average molecular weight is 582 g/mol. The van der Waals surface area contributed by atoms with Crippen molar-refractivity contribution in [2.75, 3.05) is 11.5 Å². The van der Waals surface area contributed by atoms with E-state index < -0.39 is 23.5 Å². The fourth-order valence-electron chi connectivity index (χ4n) is 4.31. The zero-order chi connectivity index (χ0) is 28.8. The van der Waals surface area contributed by atoms with E-state index in [0.29, 0.717) is 28.0 Å². The van der Waals surface area contributed by atoms with Gasteiger partial charge in [0.2, 0.25) is 5.13 Å². The number of thioether (sulfide) groups is 1. The molecule has 41 heavy (non-hydrogen) atoms. The minimum Gasteiger partial charge on any atom is -0.503 e. The Morgan fingerprint density at radius 1 is 1.10 bits per heavy atom. The third kappa shape index (κ3) is 6.48. The molecule has 1 aliphatic heterocycles. The minimum absolute atomic E-state index is 0.0351. The summed E-state index contributed by atoms with van der Waals surface area (Å²) in [6.07, 6.45) is 4.65. The Balaban J connectivity index is 1.47. The van der Waals surface area contributed by atoms with Gasteiger partial charge in [0.25, 0.3) is 5.91 Å². The number of hydrogen-bond acceptors (Lipinski definition) is 8. The van der Waals surface area contributed by atoms with Crippen LogP contribution in [0.25, 0.3) is 6.08 Å². The lowest BCUT2D eigenvalue weighted by Crippen LogP contribution is -2.30. The fraction of sp³-hybridized carbons (Fsp3) is 0.125. The van der Waals surface area contributed by atoms with Crippen LogP contribution >= 0.6 is 23.1 Å². The zero-order valence-electron chi connectivity index (χ0n) is 22.3. The van der Waals surface area contributed by atoms with Gasteiger partial charge in [0.05, 0.1) is 11.6 Å². The molecule has 0 fully saturated rings. The Labute approximate surface area is 246 Å². The van der Waals surface area contributed by atoms with Crippen LogP contribution in [-0.2, 0) is 15.3 Å². The lowest BCUT2D eigenvalue weighted by Gasteiger charge is -2.24. The largest absolute Gasteiger partial charge is 0.503 e. The van der Waals surface area contributed by atoms with Crippen molar-refractivity contribution < 1.29 is 19.4 Å². The topological polar surface area (TPSA) is 92.6 Å². The number of nitrogens with zero attached hydrogens (tertiary/aromatic N) is 3. The number of rotatable bonds is 11. The molecule has 2 heterocycles. The van der Waals surface area contributed by atoms with E-state index in [0.717, 1.165) is 11.1 Å². The van der Waals surface area contributed by atoms with Crippen LogP contribution in [0.5, 0.6) is 5.75 Å². The van der Waals surface area contributed by atoms with E-state index in [2.05, 4.69) is 41.0 Å². The number of aromatic nitrogens is 2. The van der Waals surface area contributed by atoms with Gasteiger partial charge in [0.1, 0.15) is 12.4 Å². The van der Waals surface area contributed by atoms with Crippen LogP contribution in [0.1, 0.15) is 28.3 Å². The first-order valence-corrected chi connectivity index (χ1v) is 14.6. The number of hydrogen-bond donors (Lipinski definition) is 1. The lowest BCUT2D eigenvalue weighted by molar-refractivity contribution is -0.117. The molecule has 1 aromatic heterocycles. The summed E-state index contributed by atoms with van der Waals surface area (Å²) >= 11 is 2.74. The van der Waals surface area contributed by atoms with E-state index >= 15 is 0 Å². The number of carbonyl (C=O) groups is 2. The van der Waals surface area contributed by atoms with Crippen molar-refractivity contribution in [2.24, 2.45) is 0 Å². The maximum Gasteiger partial charge on any atom is 0.296 e. The zero-order valence-corrected chi connectivity index (χ0v) is 23.9. The number of allylic oxidation sites excluding steroid dienone is 1. The van der Waals surface area contributed by atoms with Gasteiger partial charge in [-0.15, -0.1) is 10.2 Å². The van der Waals surface area contributed by atoms with Crippen molar-refractivity contribution in [1.82, 2.24) is 10.2 Å². The predicted molar refractivity (Wildman–Crippen MR) is 163 cm³/mol. The first-order chi connectivity index (χ1) is 19.9. The quantitative estimate of drug-likeness (QED) is 0.0893. The van der Waals surface area contributed by atoms with E-state index in [1.807, 2.05) is 37.3 Å². The van der Waals surface area contributed by atoms with Crippen LogP contribution in [0.4, 0.5) is 5.13 Å². The monoisotopic (exact) mass is 581 g/mol. The summed E-state index contributed by atoms with van der Waals surface area (Å²) in [5, 5.41) is 19.9. The van der Waals surface area contributed by atoms with Gasteiger partial charge in [-0.05, 0) is 41.8 Å². The highest BCUT2D eigenvalue weighted by Gasteiger charge is 2.45. The molecule has 206 valence electrons. The molecular weight excluding hydrogens is 555 g/mol. The summed E-state index contributed by atoms with van der Waals surface area (Å²) in [6.45, 7) is 6.02. The summed E-state index contributed by atoms with van der Waals surface area (Å²) in [4.78, 5) is 28.3. The van der Waals surface area contributed by atoms with E-state index in [1.54, 1.807) is 36.4 Å². The summed E-state index contributed by atoms with van der Waals surface area (Å²) in [5.41, 5.74) is 3.70. The number of benzene rings is 3. The van der Waals surface area contributed by atoms with Crippen LogP contribution in [0.3, 0.4) is 0 Å². The molecule has 0 spiro atoms. The van der Waals surface area contributed by atoms with E-state index in [9.17, 15) is 14.7 Å². The highest BCUT2D eigenvalue weighted by Crippen LogP contribution is 2.44. The Morgan fingerprint density at radius 3 is 2.63 bits per heavy atom. The summed E-state index contributed by atoms with van der Waals surface area (Å²) < 4.78 is 6.37. The van der Waals surface area contributed by atoms with Crippen molar-refractivity contribution >= 4 is 46.0 Å². The molecule has 1 N–H and O–H groups in total. The first kappa shape index (κ1) is 28.1. The SMILES string of the molecule is C=CCOc1cccc(C2C(C(=O)/C=C/c3ccccc3)=C(O)C(=O)N2c2nnc(SCc3ccc(C)cc3)s2)c1. The van der Waals surface area contributed by atoms with Crippen LogP contribution in [0.15, 0.2) is 113 Å². The van der Waals surface area contributed by atoms with Crippen molar-refractivity contribution in [3.8, 4) is 5.75 Å². The number of aliphatic hydroxyl groups is 1. The molecule has 0 saturated carbocycles.